The van der Waals surface area contributed by atoms with Crippen LogP contribution in [-0.4, -0.2) is 24.5 Å². The Morgan fingerprint density at radius 1 is 1.24 bits per heavy atom. The molecule has 2 aromatic rings. The van der Waals surface area contributed by atoms with Gasteiger partial charge in [0, 0.05) is 0 Å². The Bertz CT molecular complexity index is 710. The van der Waals surface area contributed by atoms with Crippen molar-refractivity contribution in [1.29, 1.82) is 0 Å². The third kappa shape index (κ3) is 4.09. The Labute approximate surface area is 146 Å². The standard InChI is InChI=1S/C19H22N2O4/c1-2-3-10-24-15-8-6-14(7-9-15)21-18(22)12-17(19(21)23)20-13-16-5-4-11-25-16/h4-9,11,17,20H,2-3,10,12-13H2,1H3. The lowest BCUT2D eigenvalue weighted by Crippen LogP contribution is -2.38. The first-order valence-corrected chi connectivity index (χ1v) is 8.54. The van der Waals surface area contributed by atoms with Gasteiger partial charge in [-0.15, -0.1) is 0 Å². The van der Waals surface area contributed by atoms with Gasteiger partial charge < -0.3 is 9.15 Å². The van der Waals surface area contributed by atoms with Gasteiger partial charge in [0.05, 0.1) is 37.6 Å². The molecule has 3 rings (SSSR count). The fourth-order valence-corrected chi connectivity index (χ4v) is 2.73. The second kappa shape index (κ2) is 7.98. The summed E-state index contributed by atoms with van der Waals surface area (Å²) in [4.78, 5) is 26.0. The van der Waals surface area contributed by atoms with Crippen LogP contribution in [-0.2, 0) is 16.1 Å². The Morgan fingerprint density at radius 2 is 2.04 bits per heavy atom. The molecule has 1 atom stereocenters. The first-order valence-electron chi connectivity index (χ1n) is 8.54. The van der Waals surface area contributed by atoms with Crippen molar-refractivity contribution >= 4 is 17.5 Å². The molecule has 1 aliphatic heterocycles. The number of carbonyl (C=O) groups excluding carboxylic acids is 2. The third-order valence-corrected chi connectivity index (χ3v) is 4.11. The largest absolute Gasteiger partial charge is 0.494 e. The van der Waals surface area contributed by atoms with Crippen LogP contribution in [0, 0.1) is 0 Å². The number of furan rings is 1. The molecule has 0 bridgehead atoms. The second-order valence-electron chi connectivity index (χ2n) is 5.98. The summed E-state index contributed by atoms with van der Waals surface area (Å²) in [5.41, 5.74) is 0.570. The van der Waals surface area contributed by atoms with Crippen LogP contribution < -0.4 is 15.0 Å². The fourth-order valence-electron chi connectivity index (χ4n) is 2.73. The topological polar surface area (TPSA) is 71.8 Å². The number of nitrogens with zero attached hydrogens (tertiary/aromatic N) is 1. The van der Waals surface area contributed by atoms with Crippen LogP contribution in [0.3, 0.4) is 0 Å². The Kier molecular flexibility index (Phi) is 5.50. The van der Waals surface area contributed by atoms with Crippen LogP contribution in [0.2, 0.25) is 0 Å². The lowest BCUT2D eigenvalue weighted by atomic mass is 10.2. The Hall–Kier alpha value is -2.60. The number of nitrogens with one attached hydrogen (secondary N) is 1. The number of ether oxygens (including phenoxy) is 1. The van der Waals surface area contributed by atoms with Gasteiger partial charge in [0.1, 0.15) is 11.5 Å². The first-order chi connectivity index (χ1) is 12.2. The zero-order valence-electron chi connectivity index (χ0n) is 14.2. The van der Waals surface area contributed by atoms with Gasteiger partial charge in [-0.1, -0.05) is 13.3 Å². The SMILES string of the molecule is CCCCOc1ccc(N2C(=O)CC(NCc3ccco3)C2=O)cc1. The molecule has 1 saturated heterocycles. The van der Waals surface area contributed by atoms with E-state index in [1.54, 1.807) is 36.6 Å². The molecule has 2 heterocycles. The monoisotopic (exact) mass is 342 g/mol. The van der Waals surface area contributed by atoms with E-state index in [0.717, 1.165) is 24.4 Å². The van der Waals surface area contributed by atoms with Gasteiger partial charge in [0.25, 0.3) is 5.91 Å². The maximum Gasteiger partial charge on any atom is 0.251 e. The highest BCUT2D eigenvalue weighted by atomic mass is 16.5. The number of imide groups is 1. The summed E-state index contributed by atoms with van der Waals surface area (Å²) >= 11 is 0. The summed E-state index contributed by atoms with van der Waals surface area (Å²) in [6.07, 6.45) is 3.79. The highest BCUT2D eigenvalue weighted by molar-refractivity contribution is 6.22. The molecular formula is C19H22N2O4. The van der Waals surface area contributed by atoms with Gasteiger partial charge >= 0.3 is 0 Å². The molecule has 2 amide bonds. The van der Waals surface area contributed by atoms with Crippen LogP contribution in [0.4, 0.5) is 5.69 Å². The van der Waals surface area contributed by atoms with E-state index < -0.39 is 6.04 Å². The molecule has 0 radical (unpaired) electrons. The summed E-state index contributed by atoms with van der Waals surface area (Å²) in [5, 5.41) is 3.08. The fraction of sp³-hybridized carbons (Fsp3) is 0.368. The number of rotatable bonds is 8. The van der Waals surface area contributed by atoms with E-state index in [4.69, 9.17) is 9.15 Å². The number of hydrogen-bond donors (Lipinski definition) is 1. The van der Waals surface area contributed by atoms with Crippen LogP contribution in [0.25, 0.3) is 0 Å². The number of anilines is 1. The molecule has 0 spiro atoms. The van der Waals surface area contributed by atoms with Crippen LogP contribution in [0.5, 0.6) is 5.75 Å². The van der Waals surface area contributed by atoms with E-state index >= 15 is 0 Å². The van der Waals surface area contributed by atoms with Gasteiger partial charge in [0.15, 0.2) is 0 Å². The summed E-state index contributed by atoms with van der Waals surface area (Å²) in [5.74, 6) is 1.02. The van der Waals surface area contributed by atoms with Gasteiger partial charge in [-0.05, 0) is 42.8 Å². The molecule has 0 aliphatic carbocycles. The second-order valence-corrected chi connectivity index (χ2v) is 5.98. The zero-order valence-corrected chi connectivity index (χ0v) is 14.2. The molecule has 6 heteroatoms. The highest BCUT2D eigenvalue weighted by Crippen LogP contribution is 2.25. The molecular weight excluding hydrogens is 320 g/mol. The smallest absolute Gasteiger partial charge is 0.251 e. The van der Waals surface area contributed by atoms with Gasteiger partial charge in [-0.2, -0.15) is 0 Å². The predicted octanol–water partition coefficient (Wildman–Crippen LogP) is 2.88. The van der Waals surface area contributed by atoms with Crippen LogP contribution in [0.15, 0.2) is 47.1 Å². The van der Waals surface area contributed by atoms with E-state index in [-0.39, 0.29) is 18.2 Å². The third-order valence-electron chi connectivity index (χ3n) is 4.11. The van der Waals surface area contributed by atoms with Crippen molar-refractivity contribution in [2.45, 2.75) is 38.8 Å². The number of hydrogen-bond acceptors (Lipinski definition) is 5. The maximum absolute atomic E-state index is 12.6. The van der Waals surface area contributed by atoms with Crippen molar-refractivity contribution in [3.05, 3.63) is 48.4 Å². The first kappa shape index (κ1) is 17.2. The summed E-state index contributed by atoms with van der Waals surface area (Å²) < 4.78 is 10.8. The molecule has 1 aliphatic rings. The average Bonchev–Trinajstić information content (AvgIpc) is 3.22. The van der Waals surface area contributed by atoms with Gasteiger partial charge in [-0.3, -0.25) is 14.9 Å². The van der Waals surface area contributed by atoms with Crippen molar-refractivity contribution in [3.63, 3.8) is 0 Å². The lowest BCUT2D eigenvalue weighted by molar-refractivity contribution is -0.121. The van der Waals surface area contributed by atoms with E-state index in [0.29, 0.717) is 18.8 Å². The van der Waals surface area contributed by atoms with E-state index in [9.17, 15) is 9.59 Å². The number of carbonyl (C=O) groups is 2. The van der Waals surface area contributed by atoms with Crippen molar-refractivity contribution in [2.24, 2.45) is 0 Å². The van der Waals surface area contributed by atoms with Gasteiger partial charge in [-0.25, -0.2) is 4.90 Å². The van der Waals surface area contributed by atoms with Crippen molar-refractivity contribution in [1.82, 2.24) is 5.32 Å². The zero-order chi connectivity index (χ0) is 17.6. The Morgan fingerprint density at radius 3 is 2.72 bits per heavy atom. The molecule has 25 heavy (non-hydrogen) atoms. The minimum absolute atomic E-state index is 0.147. The van der Waals surface area contributed by atoms with Crippen molar-refractivity contribution in [3.8, 4) is 5.75 Å². The van der Waals surface area contributed by atoms with Crippen molar-refractivity contribution in [2.75, 3.05) is 11.5 Å². The highest BCUT2D eigenvalue weighted by Gasteiger charge is 2.39. The molecule has 132 valence electrons. The number of amides is 2. The van der Waals surface area contributed by atoms with E-state index in [1.165, 1.54) is 4.90 Å². The van der Waals surface area contributed by atoms with Crippen molar-refractivity contribution < 1.29 is 18.7 Å². The molecule has 1 aromatic heterocycles. The minimum Gasteiger partial charge on any atom is -0.494 e. The summed E-state index contributed by atoms with van der Waals surface area (Å²) in [6.45, 7) is 3.18. The molecule has 1 aromatic carbocycles. The molecule has 6 nitrogen and oxygen atoms in total. The van der Waals surface area contributed by atoms with Crippen LogP contribution >= 0.6 is 0 Å². The Balaban J connectivity index is 1.61. The summed E-state index contributed by atoms with van der Waals surface area (Å²) in [6, 6.07) is 10.1. The quantitative estimate of drug-likeness (QED) is 0.590. The number of benzene rings is 1. The molecule has 1 N–H and O–H groups in total. The molecule has 0 saturated carbocycles. The normalized spacial score (nSPS) is 17.3. The summed E-state index contributed by atoms with van der Waals surface area (Å²) in [7, 11) is 0. The predicted molar refractivity (Wildman–Crippen MR) is 93.3 cm³/mol. The lowest BCUT2D eigenvalue weighted by Gasteiger charge is -2.16. The van der Waals surface area contributed by atoms with E-state index in [2.05, 4.69) is 12.2 Å². The molecule has 1 fully saturated rings. The maximum atomic E-state index is 12.6. The minimum atomic E-state index is -0.530. The average molecular weight is 342 g/mol. The molecule has 1 unspecified atom stereocenters. The number of unbranched alkanes of at least 4 members (excludes halogenated alkanes) is 1. The van der Waals surface area contributed by atoms with E-state index in [1.807, 2.05) is 6.07 Å². The van der Waals surface area contributed by atoms with Gasteiger partial charge in [0.2, 0.25) is 5.91 Å². The van der Waals surface area contributed by atoms with Crippen LogP contribution in [0.1, 0.15) is 31.9 Å².